The molecule has 1 aliphatic carbocycles. The minimum Gasteiger partial charge on any atom is -0.481 e. The van der Waals surface area contributed by atoms with E-state index in [9.17, 15) is 9.59 Å². The zero-order valence-electron chi connectivity index (χ0n) is 11.0. The average Bonchev–Trinajstić information content (AvgIpc) is 3.03. The first-order valence-corrected chi connectivity index (χ1v) is 6.42. The quantitative estimate of drug-likeness (QED) is 0.716. The van der Waals surface area contributed by atoms with Crippen molar-refractivity contribution in [1.82, 2.24) is 5.32 Å². The van der Waals surface area contributed by atoms with Gasteiger partial charge in [0.05, 0.1) is 5.92 Å². The van der Waals surface area contributed by atoms with Gasteiger partial charge in [-0.2, -0.15) is 0 Å². The van der Waals surface area contributed by atoms with Crippen molar-refractivity contribution in [2.75, 3.05) is 6.54 Å². The lowest BCUT2D eigenvalue weighted by molar-refractivity contribution is -0.142. The first-order valence-electron chi connectivity index (χ1n) is 6.42. The first kappa shape index (κ1) is 14.0. The number of nitrogens with one attached hydrogen (secondary N) is 1. The summed E-state index contributed by atoms with van der Waals surface area (Å²) in [5.74, 6) is -0.920. The number of carboxylic acid groups (broad SMARTS) is 1. The third kappa shape index (κ3) is 3.72. The topological polar surface area (TPSA) is 66.4 Å². The smallest absolute Gasteiger partial charge is 0.308 e. The van der Waals surface area contributed by atoms with Gasteiger partial charge < -0.3 is 10.4 Å². The van der Waals surface area contributed by atoms with Crippen molar-refractivity contribution >= 4 is 11.9 Å². The van der Waals surface area contributed by atoms with Gasteiger partial charge in [0.15, 0.2) is 0 Å². The van der Waals surface area contributed by atoms with Crippen LogP contribution in [-0.2, 0) is 9.59 Å². The van der Waals surface area contributed by atoms with E-state index in [1.165, 1.54) is 0 Å². The highest BCUT2D eigenvalue weighted by Gasteiger charge is 2.47. The Morgan fingerprint density at radius 2 is 1.94 bits per heavy atom. The number of amides is 1. The fourth-order valence-corrected chi connectivity index (χ4v) is 2.14. The van der Waals surface area contributed by atoms with Gasteiger partial charge in [-0.1, -0.05) is 20.8 Å². The molecule has 0 spiro atoms. The number of carbonyl (C=O) groups is 2. The highest BCUT2D eigenvalue weighted by molar-refractivity contribution is 5.85. The number of hydrogen-bond acceptors (Lipinski definition) is 2. The molecule has 1 aliphatic rings. The van der Waals surface area contributed by atoms with Gasteiger partial charge in [-0.05, 0) is 31.6 Å². The fourth-order valence-electron chi connectivity index (χ4n) is 2.14. The summed E-state index contributed by atoms with van der Waals surface area (Å²) in [6.07, 6.45) is 3.34. The van der Waals surface area contributed by atoms with Crippen molar-refractivity contribution < 1.29 is 14.7 Å². The van der Waals surface area contributed by atoms with Crippen LogP contribution in [0.1, 0.15) is 46.5 Å². The van der Waals surface area contributed by atoms with Crippen molar-refractivity contribution in [3.8, 4) is 0 Å². The molecule has 0 radical (unpaired) electrons. The van der Waals surface area contributed by atoms with Gasteiger partial charge in [-0.15, -0.1) is 0 Å². The minimum atomic E-state index is -0.819. The molecule has 0 aliphatic heterocycles. The van der Waals surface area contributed by atoms with E-state index in [-0.39, 0.29) is 17.9 Å². The second kappa shape index (κ2) is 5.52. The van der Waals surface area contributed by atoms with Crippen molar-refractivity contribution in [3.63, 3.8) is 0 Å². The number of rotatable bonds is 7. The van der Waals surface area contributed by atoms with Crippen LogP contribution in [0.2, 0.25) is 0 Å². The second-order valence-corrected chi connectivity index (χ2v) is 5.51. The highest BCUT2D eigenvalue weighted by Crippen LogP contribution is 2.48. The molecule has 1 atom stereocenters. The molecule has 1 saturated carbocycles. The molecule has 4 nitrogen and oxygen atoms in total. The van der Waals surface area contributed by atoms with Gasteiger partial charge in [-0.25, -0.2) is 0 Å². The summed E-state index contributed by atoms with van der Waals surface area (Å²) >= 11 is 0. The zero-order chi connectivity index (χ0) is 13.1. The molecular weight excluding hydrogens is 218 g/mol. The van der Waals surface area contributed by atoms with E-state index in [1.54, 1.807) is 0 Å². The largest absolute Gasteiger partial charge is 0.481 e. The Kier molecular flexibility index (Phi) is 4.54. The third-order valence-electron chi connectivity index (χ3n) is 3.63. The molecule has 17 heavy (non-hydrogen) atoms. The van der Waals surface area contributed by atoms with Crippen LogP contribution in [0.4, 0.5) is 0 Å². The molecule has 1 rings (SSSR count). The molecule has 2 N–H and O–H groups in total. The van der Waals surface area contributed by atoms with Crippen molar-refractivity contribution in [3.05, 3.63) is 0 Å². The fraction of sp³-hybridized carbons (Fsp3) is 0.846. The van der Waals surface area contributed by atoms with Crippen LogP contribution in [0.25, 0.3) is 0 Å². The van der Waals surface area contributed by atoms with Crippen molar-refractivity contribution in [2.45, 2.75) is 46.5 Å². The van der Waals surface area contributed by atoms with E-state index in [0.717, 1.165) is 19.3 Å². The van der Waals surface area contributed by atoms with E-state index >= 15 is 0 Å². The third-order valence-corrected chi connectivity index (χ3v) is 3.63. The Labute approximate surface area is 103 Å². The Morgan fingerprint density at radius 1 is 1.35 bits per heavy atom. The molecule has 0 aromatic rings. The lowest BCUT2D eigenvalue weighted by Crippen LogP contribution is -2.37. The monoisotopic (exact) mass is 241 g/mol. The summed E-state index contributed by atoms with van der Waals surface area (Å²) in [5, 5.41) is 11.9. The summed E-state index contributed by atoms with van der Waals surface area (Å²) in [6.45, 7) is 6.25. The summed E-state index contributed by atoms with van der Waals surface area (Å²) in [5.41, 5.74) is -0.180. The highest BCUT2D eigenvalue weighted by atomic mass is 16.4. The molecule has 0 saturated heterocycles. The van der Waals surface area contributed by atoms with Gasteiger partial charge in [0.25, 0.3) is 0 Å². The van der Waals surface area contributed by atoms with Gasteiger partial charge in [0, 0.05) is 12.0 Å². The van der Waals surface area contributed by atoms with Gasteiger partial charge in [0.2, 0.25) is 5.91 Å². The SMILES string of the molecule is CCC1(C(=O)NCC(CC(C)C)C(=O)O)CC1. The zero-order valence-corrected chi connectivity index (χ0v) is 11.0. The van der Waals surface area contributed by atoms with Crippen LogP contribution in [0.5, 0.6) is 0 Å². The van der Waals surface area contributed by atoms with Crippen molar-refractivity contribution in [2.24, 2.45) is 17.3 Å². The molecule has 4 heteroatoms. The van der Waals surface area contributed by atoms with Gasteiger partial charge in [0.1, 0.15) is 0 Å². The predicted octanol–water partition coefficient (Wildman–Crippen LogP) is 2.04. The maximum absolute atomic E-state index is 11.9. The van der Waals surface area contributed by atoms with Crippen LogP contribution in [0, 0.1) is 17.3 Å². The van der Waals surface area contributed by atoms with E-state index in [4.69, 9.17) is 5.11 Å². The molecule has 1 fully saturated rings. The lowest BCUT2D eigenvalue weighted by atomic mass is 9.96. The summed E-state index contributed by atoms with van der Waals surface area (Å²) in [7, 11) is 0. The van der Waals surface area contributed by atoms with Crippen LogP contribution in [0.15, 0.2) is 0 Å². The summed E-state index contributed by atoms with van der Waals surface area (Å²) in [4.78, 5) is 22.9. The Hall–Kier alpha value is -1.06. The van der Waals surface area contributed by atoms with Crippen LogP contribution in [-0.4, -0.2) is 23.5 Å². The molecule has 0 bridgehead atoms. The Morgan fingerprint density at radius 3 is 2.29 bits per heavy atom. The lowest BCUT2D eigenvalue weighted by Gasteiger charge is -2.18. The van der Waals surface area contributed by atoms with Crippen molar-refractivity contribution in [1.29, 1.82) is 0 Å². The van der Waals surface area contributed by atoms with E-state index in [1.807, 2.05) is 20.8 Å². The van der Waals surface area contributed by atoms with Crippen LogP contribution in [0.3, 0.4) is 0 Å². The molecule has 0 aromatic heterocycles. The average molecular weight is 241 g/mol. The Balaban J connectivity index is 2.41. The molecule has 0 heterocycles. The number of carboxylic acids is 1. The van der Waals surface area contributed by atoms with E-state index < -0.39 is 11.9 Å². The molecule has 1 amide bonds. The second-order valence-electron chi connectivity index (χ2n) is 5.51. The normalized spacial score (nSPS) is 18.8. The molecular formula is C13H23NO3. The number of carbonyl (C=O) groups excluding carboxylic acids is 1. The van der Waals surface area contributed by atoms with E-state index in [0.29, 0.717) is 12.3 Å². The summed E-state index contributed by atoms with van der Waals surface area (Å²) in [6, 6.07) is 0. The predicted molar refractivity (Wildman–Crippen MR) is 65.5 cm³/mol. The van der Waals surface area contributed by atoms with E-state index in [2.05, 4.69) is 5.32 Å². The number of hydrogen-bond donors (Lipinski definition) is 2. The molecule has 0 aromatic carbocycles. The van der Waals surface area contributed by atoms with Crippen LogP contribution >= 0.6 is 0 Å². The maximum Gasteiger partial charge on any atom is 0.308 e. The van der Waals surface area contributed by atoms with Crippen LogP contribution < -0.4 is 5.32 Å². The standard InChI is InChI=1S/C13H23NO3/c1-4-13(5-6-13)12(17)14-8-10(11(15)16)7-9(2)3/h9-10H,4-8H2,1-3H3,(H,14,17)(H,15,16). The Bertz CT molecular complexity index is 295. The summed E-state index contributed by atoms with van der Waals surface area (Å²) < 4.78 is 0. The molecule has 98 valence electrons. The van der Waals surface area contributed by atoms with Gasteiger partial charge >= 0.3 is 5.97 Å². The van der Waals surface area contributed by atoms with Gasteiger partial charge in [-0.3, -0.25) is 9.59 Å². The number of aliphatic carboxylic acids is 1. The maximum atomic E-state index is 11.9. The molecule has 1 unspecified atom stereocenters. The first-order chi connectivity index (χ1) is 7.91. The minimum absolute atomic E-state index is 0.0370.